The maximum Gasteiger partial charge on any atom is 0.227 e. The average molecular weight is 432 g/mol. The van der Waals surface area contributed by atoms with E-state index in [1.54, 1.807) is 0 Å². The summed E-state index contributed by atoms with van der Waals surface area (Å²) in [6, 6.07) is 12.7. The summed E-state index contributed by atoms with van der Waals surface area (Å²) in [6.07, 6.45) is 11.2. The predicted molar refractivity (Wildman–Crippen MR) is 127 cm³/mol. The molecule has 4 rings (SSSR count). The summed E-state index contributed by atoms with van der Waals surface area (Å²) in [4.78, 5) is 19.9. The smallest absolute Gasteiger partial charge is 0.227 e. The van der Waals surface area contributed by atoms with Crippen LogP contribution in [0.1, 0.15) is 37.3 Å². The summed E-state index contributed by atoms with van der Waals surface area (Å²) in [6.45, 7) is 5.43. The van der Waals surface area contributed by atoms with E-state index in [9.17, 15) is 4.79 Å². The van der Waals surface area contributed by atoms with Crippen molar-refractivity contribution in [3.63, 3.8) is 0 Å². The number of hydrogen-bond acceptors (Lipinski definition) is 4. The molecule has 168 valence electrons. The number of likely N-dealkylation sites (tertiary alicyclic amines) is 1. The summed E-state index contributed by atoms with van der Waals surface area (Å²) in [7, 11) is 1.94. The highest BCUT2D eigenvalue weighted by Gasteiger charge is 2.42. The lowest BCUT2D eigenvalue weighted by Crippen LogP contribution is -2.53. The van der Waals surface area contributed by atoms with Gasteiger partial charge in [0.05, 0.1) is 11.6 Å². The number of carbonyl (C=O) groups is 1. The fourth-order valence-electron chi connectivity index (χ4n) is 4.76. The highest BCUT2D eigenvalue weighted by Crippen LogP contribution is 2.35. The van der Waals surface area contributed by atoms with Crippen molar-refractivity contribution in [3.05, 3.63) is 72.3 Å². The molecule has 0 unspecified atom stereocenters. The Labute approximate surface area is 190 Å². The molecule has 0 aliphatic carbocycles. The molecule has 0 spiro atoms. The first-order valence-electron chi connectivity index (χ1n) is 11.6. The second-order valence-electron chi connectivity index (χ2n) is 8.98. The van der Waals surface area contributed by atoms with E-state index in [-0.39, 0.29) is 5.91 Å². The maximum absolute atomic E-state index is 13.4. The minimum absolute atomic E-state index is 0.188. The first kappa shape index (κ1) is 22.2. The topological polar surface area (TPSA) is 63.1 Å². The van der Waals surface area contributed by atoms with E-state index in [4.69, 9.17) is 0 Å². The SMILES string of the molecule is CCCNC(=O)[C@@]1(Cc2ccc(-c3ccncc3)cc2)CCCN(Cc2cnn(C)c2)C1. The van der Waals surface area contributed by atoms with Gasteiger partial charge in [0, 0.05) is 50.8 Å². The average Bonchev–Trinajstić information content (AvgIpc) is 3.23. The second-order valence-corrected chi connectivity index (χ2v) is 8.98. The Morgan fingerprint density at radius 3 is 2.53 bits per heavy atom. The zero-order valence-electron chi connectivity index (χ0n) is 19.1. The van der Waals surface area contributed by atoms with Crippen LogP contribution in [0.25, 0.3) is 11.1 Å². The van der Waals surface area contributed by atoms with Crippen molar-refractivity contribution in [2.45, 2.75) is 39.2 Å². The summed E-state index contributed by atoms with van der Waals surface area (Å²) in [5.74, 6) is 0.188. The second kappa shape index (κ2) is 10.1. The molecule has 1 aliphatic rings. The number of carbonyl (C=O) groups excluding carboxylic acids is 1. The van der Waals surface area contributed by atoms with Crippen molar-refractivity contribution in [2.24, 2.45) is 12.5 Å². The summed E-state index contributed by atoms with van der Waals surface area (Å²) < 4.78 is 1.84. The Morgan fingerprint density at radius 1 is 1.09 bits per heavy atom. The number of amides is 1. The molecule has 1 atom stereocenters. The molecule has 2 aromatic heterocycles. The van der Waals surface area contributed by atoms with Crippen molar-refractivity contribution < 1.29 is 4.79 Å². The van der Waals surface area contributed by atoms with Gasteiger partial charge in [0.1, 0.15) is 0 Å². The van der Waals surface area contributed by atoms with Crippen molar-refractivity contribution in [1.29, 1.82) is 0 Å². The molecular formula is C26H33N5O. The number of aryl methyl sites for hydroxylation is 1. The van der Waals surface area contributed by atoms with Crippen LogP contribution in [0.2, 0.25) is 0 Å². The fraction of sp³-hybridized carbons (Fsp3) is 0.423. The van der Waals surface area contributed by atoms with E-state index >= 15 is 0 Å². The Balaban J connectivity index is 1.53. The molecular weight excluding hydrogens is 398 g/mol. The van der Waals surface area contributed by atoms with Gasteiger partial charge in [-0.15, -0.1) is 0 Å². The third kappa shape index (κ3) is 5.25. The van der Waals surface area contributed by atoms with Gasteiger partial charge >= 0.3 is 0 Å². The van der Waals surface area contributed by atoms with Gasteiger partial charge in [0.25, 0.3) is 0 Å². The Morgan fingerprint density at radius 2 is 1.84 bits per heavy atom. The lowest BCUT2D eigenvalue weighted by Gasteiger charge is -2.42. The minimum atomic E-state index is -0.409. The Bertz CT molecular complexity index is 1010. The van der Waals surface area contributed by atoms with Crippen LogP contribution in [-0.2, 0) is 24.8 Å². The molecule has 1 fully saturated rings. The number of benzene rings is 1. The molecule has 1 aliphatic heterocycles. The normalized spacial score (nSPS) is 19.1. The van der Waals surface area contributed by atoms with Gasteiger partial charge in [-0.25, -0.2) is 0 Å². The number of nitrogens with zero attached hydrogens (tertiary/aromatic N) is 4. The lowest BCUT2D eigenvalue weighted by molar-refractivity contribution is -0.134. The first-order chi connectivity index (χ1) is 15.6. The van der Waals surface area contributed by atoms with Crippen LogP contribution in [0, 0.1) is 5.41 Å². The maximum atomic E-state index is 13.4. The Hall–Kier alpha value is -2.99. The van der Waals surface area contributed by atoms with Gasteiger partial charge < -0.3 is 5.32 Å². The summed E-state index contributed by atoms with van der Waals surface area (Å²) in [5, 5.41) is 7.50. The third-order valence-corrected chi connectivity index (χ3v) is 6.35. The monoisotopic (exact) mass is 431 g/mol. The van der Waals surface area contributed by atoms with E-state index in [1.807, 2.05) is 42.5 Å². The quantitative estimate of drug-likeness (QED) is 0.589. The Kier molecular flexibility index (Phi) is 7.00. The van der Waals surface area contributed by atoms with Gasteiger partial charge in [-0.3, -0.25) is 19.4 Å². The van der Waals surface area contributed by atoms with E-state index in [0.717, 1.165) is 57.4 Å². The number of rotatable bonds is 8. The lowest BCUT2D eigenvalue weighted by atomic mass is 9.74. The van der Waals surface area contributed by atoms with E-state index < -0.39 is 5.41 Å². The van der Waals surface area contributed by atoms with Gasteiger partial charge in [-0.2, -0.15) is 5.10 Å². The molecule has 6 heteroatoms. The highest BCUT2D eigenvalue weighted by atomic mass is 16.2. The molecule has 32 heavy (non-hydrogen) atoms. The van der Waals surface area contributed by atoms with Crippen LogP contribution in [0.15, 0.2) is 61.2 Å². The minimum Gasteiger partial charge on any atom is -0.356 e. The fourth-order valence-corrected chi connectivity index (χ4v) is 4.76. The number of piperidine rings is 1. The zero-order valence-corrected chi connectivity index (χ0v) is 19.1. The largest absolute Gasteiger partial charge is 0.356 e. The number of nitrogens with one attached hydrogen (secondary N) is 1. The van der Waals surface area contributed by atoms with Crippen LogP contribution < -0.4 is 5.32 Å². The molecule has 1 aromatic carbocycles. The molecule has 1 saturated heterocycles. The van der Waals surface area contributed by atoms with Crippen molar-refractivity contribution >= 4 is 5.91 Å². The number of pyridine rings is 1. The predicted octanol–water partition coefficient (Wildman–Crippen LogP) is 3.83. The van der Waals surface area contributed by atoms with Crippen LogP contribution in [0.4, 0.5) is 0 Å². The molecule has 0 radical (unpaired) electrons. The molecule has 0 bridgehead atoms. The molecule has 3 heterocycles. The summed E-state index contributed by atoms with van der Waals surface area (Å²) >= 11 is 0. The van der Waals surface area contributed by atoms with Crippen LogP contribution in [-0.4, -0.2) is 45.2 Å². The van der Waals surface area contributed by atoms with Crippen molar-refractivity contribution in [2.75, 3.05) is 19.6 Å². The summed E-state index contributed by atoms with van der Waals surface area (Å²) in [5.41, 5.74) is 4.31. The zero-order chi connectivity index (χ0) is 22.4. The van der Waals surface area contributed by atoms with E-state index in [0.29, 0.717) is 0 Å². The molecule has 3 aromatic rings. The molecule has 1 amide bonds. The van der Waals surface area contributed by atoms with Gasteiger partial charge in [0.2, 0.25) is 5.91 Å². The first-order valence-corrected chi connectivity index (χ1v) is 11.6. The molecule has 6 nitrogen and oxygen atoms in total. The van der Waals surface area contributed by atoms with Crippen molar-refractivity contribution in [3.8, 4) is 11.1 Å². The van der Waals surface area contributed by atoms with Gasteiger partial charge in [-0.1, -0.05) is 31.2 Å². The van der Waals surface area contributed by atoms with E-state index in [1.165, 1.54) is 16.7 Å². The molecule has 1 N–H and O–H groups in total. The highest BCUT2D eigenvalue weighted by molar-refractivity contribution is 5.83. The van der Waals surface area contributed by atoms with Crippen LogP contribution in [0.5, 0.6) is 0 Å². The van der Waals surface area contributed by atoms with Crippen LogP contribution in [0.3, 0.4) is 0 Å². The standard InChI is InChI=1S/C26H33N5O/c1-3-12-28-25(32)26(11-4-15-31(20-26)19-22-17-29-30(2)18-22)16-21-5-7-23(8-6-21)24-9-13-27-14-10-24/h5-10,13-14,17-18H,3-4,11-12,15-16,19-20H2,1-2H3,(H,28,32)/t26-/m1/s1. The van der Waals surface area contributed by atoms with Crippen LogP contribution >= 0.6 is 0 Å². The van der Waals surface area contributed by atoms with Gasteiger partial charge in [0.15, 0.2) is 0 Å². The number of hydrogen-bond donors (Lipinski definition) is 1. The van der Waals surface area contributed by atoms with Gasteiger partial charge in [-0.05, 0) is 61.1 Å². The van der Waals surface area contributed by atoms with Crippen molar-refractivity contribution in [1.82, 2.24) is 25.0 Å². The molecule has 0 saturated carbocycles. The van der Waals surface area contributed by atoms with E-state index in [2.05, 4.69) is 57.7 Å². The third-order valence-electron chi connectivity index (χ3n) is 6.35. The number of aromatic nitrogens is 3.